The molecule has 1 aromatic carbocycles. The van der Waals surface area contributed by atoms with Crippen LogP contribution in [0, 0.1) is 13.8 Å². The number of aryl methyl sites for hydroxylation is 3. The van der Waals surface area contributed by atoms with Crippen LogP contribution in [0.2, 0.25) is 0 Å². The van der Waals surface area contributed by atoms with Gasteiger partial charge in [-0.3, -0.25) is 4.79 Å². The number of amides is 1. The molecule has 0 aliphatic rings. The van der Waals surface area contributed by atoms with E-state index in [4.69, 9.17) is 4.74 Å². The predicted octanol–water partition coefficient (Wildman–Crippen LogP) is 3.72. The number of benzene rings is 1. The van der Waals surface area contributed by atoms with Crippen molar-refractivity contribution in [3.05, 3.63) is 51.2 Å². The molecule has 0 fully saturated rings. The van der Waals surface area contributed by atoms with E-state index in [2.05, 4.69) is 5.32 Å². The van der Waals surface area contributed by atoms with Crippen molar-refractivity contribution in [1.29, 1.82) is 0 Å². The van der Waals surface area contributed by atoms with Crippen LogP contribution in [0.1, 0.15) is 32.6 Å². The molecule has 116 valence electrons. The topological polar surface area (TPSA) is 55.4 Å². The molecule has 1 N–H and O–H groups in total. The maximum absolute atomic E-state index is 11.9. The fourth-order valence-corrected chi connectivity index (χ4v) is 3.02. The van der Waals surface area contributed by atoms with Gasteiger partial charge in [-0.25, -0.2) is 4.79 Å². The lowest BCUT2D eigenvalue weighted by atomic mass is 10.2. The van der Waals surface area contributed by atoms with E-state index >= 15 is 0 Å². The smallest absolute Gasteiger partial charge is 0.348 e. The molecule has 0 aliphatic heterocycles. The number of ether oxygens (including phenoxy) is 1. The van der Waals surface area contributed by atoms with Crippen molar-refractivity contribution >= 4 is 28.9 Å². The van der Waals surface area contributed by atoms with E-state index < -0.39 is 5.97 Å². The zero-order valence-corrected chi connectivity index (χ0v) is 13.8. The molecule has 5 heteroatoms. The molecule has 0 aliphatic carbocycles. The minimum Gasteiger partial charge on any atom is -0.451 e. The monoisotopic (exact) mass is 317 g/mol. The third kappa shape index (κ3) is 4.18. The third-order valence-corrected chi connectivity index (χ3v) is 4.35. The molecule has 1 amide bonds. The van der Waals surface area contributed by atoms with Gasteiger partial charge in [0, 0.05) is 10.6 Å². The van der Waals surface area contributed by atoms with Crippen LogP contribution in [0.4, 0.5) is 5.69 Å². The Morgan fingerprint density at radius 3 is 2.45 bits per heavy atom. The first kappa shape index (κ1) is 16.2. The minimum atomic E-state index is -0.452. The molecule has 2 rings (SSSR count). The zero-order valence-electron chi connectivity index (χ0n) is 12.9. The van der Waals surface area contributed by atoms with Gasteiger partial charge in [-0.15, -0.1) is 11.3 Å². The largest absolute Gasteiger partial charge is 0.451 e. The quantitative estimate of drug-likeness (QED) is 0.855. The number of esters is 1. The summed E-state index contributed by atoms with van der Waals surface area (Å²) in [4.78, 5) is 25.4. The van der Waals surface area contributed by atoms with Gasteiger partial charge in [0.1, 0.15) is 4.88 Å². The Bertz CT molecular complexity index is 674. The molecule has 1 heterocycles. The van der Waals surface area contributed by atoms with Crippen molar-refractivity contribution in [1.82, 2.24) is 0 Å². The van der Waals surface area contributed by atoms with E-state index in [1.54, 1.807) is 0 Å². The van der Waals surface area contributed by atoms with Crippen molar-refractivity contribution in [2.75, 3.05) is 11.9 Å². The van der Waals surface area contributed by atoms with Gasteiger partial charge in [-0.2, -0.15) is 0 Å². The summed E-state index contributed by atoms with van der Waals surface area (Å²) < 4.78 is 5.06. The van der Waals surface area contributed by atoms with Crippen LogP contribution in [0.25, 0.3) is 0 Å². The summed E-state index contributed by atoms with van der Waals surface area (Å²) in [7, 11) is 0. The lowest BCUT2D eigenvalue weighted by Gasteiger charge is -2.06. The van der Waals surface area contributed by atoms with Crippen molar-refractivity contribution in [3.8, 4) is 0 Å². The predicted molar refractivity (Wildman–Crippen MR) is 88.5 cm³/mol. The molecular weight excluding hydrogens is 298 g/mol. The van der Waals surface area contributed by atoms with Gasteiger partial charge in [0.2, 0.25) is 0 Å². The number of hydrogen-bond donors (Lipinski definition) is 1. The molecule has 0 saturated heterocycles. The van der Waals surface area contributed by atoms with E-state index in [9.17, 15) is 9.59 Å². The molecule has 2 aromatic rings. The molecule has 0 spiro atoms. The number of carbonyl (C=O) groups is 2. The summed E-state index contributed by atoms with van der Waals surface area (Å²) in [5.41, 5.74) is 2.94. The van der Waals surface area contributed by atoms with Gasteiger partial charge in [-0.1, -0.05) is 24.6 Å². The molecule has 4 nitrogen and oxygen atoms in total. The number of nitrogens with one attached hydrogen (secondary N) is 1. The summed E-state index contributed by atoms with van der Waals surface area (Å²) >= 11 is 1.40. The maximum Gasteiger partial charge on any atom is 0.348 e. The van der Waals surface area contributed by atoms with E-state index in [1.807, 2.05) is 51.1 Å². The first-order valence-electron chi connectivity index (χ1n) is 7.12. The standard InChI is InChI=1S/C17H19NO3S/c1-4-13-9-15(22-12(13)3)17(20)21-10-16(19)18-14-7-5-11(2)6-8-14/h5-9H,4,10H2,1-3H3,(H,18,19). The summed E-state index contributed by atoms with van der Waals surface area (Å²) in [6.07, 6.45) is 0.878. The molecular formula is C17H19NO3S. The van der Waals surface area contributed by atoms with Gasteiger partial charge in [0.15, 0.2) is 6.61 Å². The van der Waals surface area contributed by atoms with Gasteiger partial charge >= 0.3 is 5.97 Å². The highest BCUT2D eigenvalue weighted by Crippen LogP contribution is 2.22. The van der Waals surface area contributed by atoms with E-state index in [1.165, 1.54) is 11.3 Å². The van der Waals surface area contributed by atoms with Crippen molar-refractivity contribution in [2.24, 2.45) is 0 Å². The van der Waals surface area contributed by atoms with Crippen LogP contribution in [0.5, 0.6) is 0 Å². The Morgan fingerprint density at radius 2 is 1.86 bits per heavy atom. The van der Waals surface area contributed by atoms with Crippen molar-refractivity contribution in [3.63, 3.8) is 0 Å². The Balaban J connectivity index is 1.87. The van der Waals surface area contributed by atoms with Gasteiger partial charge in [0.25, 0.3) is 5.91 Å². The fraction of sp³-hybridized carbons (Fsp3) is 0.294. The minimum absolute atomic E-state index is 0.287. The second kappa shape index (κ2) is 7.22. The van der Waals surface area contributed by atoms with Crippen LogP contribution in [-0.2, 0) is 16.0 Å². The number of hydrogen-bond acceptors (Lipinski definition) is 4. The van der Waals surface area contributed by atoms with Crippen molar-refractivity contribution < 1.29 is 14.3 Å². The Kier molecular flexibility index (Phi) is 5.33. The van der Waals surface area contributed by atoms with Gasteiger partial charge < -0.3 is 10.1 Å². The van der Waals surface area contributed by atoms with Crippen LogP contribution in [-0.4, -0.2) is 18.5 Å². The Labute approximate surface area is 134 Å². The summed E-state index contributed by atoms with van der Waals surface area (Å²) in [6.45, 7) is 5.70. The fourth-order valence-electron chi connectivity index (χ4n) is 2.01. The second-order valence-electron chi connectivity index (χ2n) is 5.04. The average Bonchev–Trinajstić information content (AvgIpc) is 2.88. The van der Waals surface area contributed by atoms with Crippen LogP contribution >= 0.6 is 11.3 Å². The number of anilines is 1. The van der Waals surface area contributed by atoms with Gasteiger partial charge in [0.05, 0.1) is 0 Å². The lowest BCUT2D eigenvalue weighted by Crippen LogP contribution is -2.20. The SMILES string of the molecule is CCc1cc(C(=O)OCC(=O)Nc2ccc(C)cc2)sc1C. The number of rotatable bonds is 5. The number of carbonyl (C=O) groups excluding carboxylic acids is 2. The first-order valence-corrected chi connectivity index (χ1v) is 7.94. The second-order valence-corrected chi connectivity index (χ2v) is 6.29. The summed E-state index contributed by atoms with van der Waals surface area (Å²) in [6, 6.07) is 9.27. The Hall–Kier alpha value is -2.14. The average molecular weight is 317 g/mol. The summed E-state index contributed by atoms with van der Waals surface area (Å²) in [5.74, 6) is -0.798. The molecule has 0 bridgehead atoms. The summed E-state index contributed by atoms with van der Waals surface area (Å²) in [5, 5.41) is 2.69. The highest BCUT2D eigenvalue weighted by molar-refractivity contribution is 7.14. The highest BCUT2D eigenvalue weighted by Gasteiger charge is 2.14. The highest BCUT2D eigenvalue weighted by atomic mass is 32.1. The van der Waals surface area contributed by atoms with Crippen LogP contribution in [0.15, 0.2) is 30.3 Å². The lowest BCUT2D eigenvalue weighted by molar-refractivity contribution is -0.119. The molecule has 0 unspecified atom stereocenters. The van der Waals surface area contributed by atoms with Crippen molar-refractivity contribution in [2.45, 2.75) is 27.2 Å². The van der Waals surface area contributed by atoms with E-state index in [-0.39, 0.29) is 12.5 Å². The Morgan fingerprint density at radius 1 is 1.18 bits per heavy atom. The molecule has 22 heavy (non-hydrogen) atoms. The van der Waals surface area contributed by atoms with Crippen LogP contribution < -0.4 is 5.32 Å². The van der Waals surface area contributed by atoms with E-state index in [0.717, 1.165) is 22.4 Å². The zero-order chi connectivity index (χ0) is 16.1. The van der Waals surface area contributed by atoms with Gasteiger partial charge in [-0.05, 0) is 44.0 Å². The van der Waals surface area contributed by atoms with E-state index in [0.29, 0.717) is 10.6 Å². The molecule has 0 radical (unpaired) electrons. The first-order chi connectivity index (χ1) is 10.5. The maximum atomic E-state index is 11.9. The normalized spacial score (nSPS) is 10.3. The molecule has 0 atom stereocenters. The molecule has 0 saturated carbocycles. The molecule has 1 aromatic heterocycles. The third-order valence-electron chi connectivity index (χ3n) is 3.27. The van der Waals surface area contributed by atoms with Crippen LogP contribution in [0.3, 0.4) is 0 Å². The number of thiophene rings is 1.